The first-order chi connectivity index (χ1) is 13.9. The van der Waals surface area contributed by atoms with Crippen LogP contribution in [0.2, 0.25) is 0 Å². The average molecular weight is 411 g/mol. The number of nitrogens with zero attached hydrogens (tertiary/aromatic N) is 2. The summed E-state index contributed by atoms with van der Waals surface area (Å²) in [6, 6.07) is 16.8. The summed E-state index contributed by atoms with van der Waals surface area (Å²) in [6.45, 7) is 2.09. The quantitative estimate of drug-likeness (QED) is 0.477. The topological polar surface area (TPSA) is 92.0 Å². The molecule has 0 aliphatic heterocycles. The van der Waals surface area contributed by atoms with Gasteiger partial charge >= 0.3 is 0 Å². The fourth-order valence-corrected chi connectivity index (χ4v) is 3.74. The number of hydrogen-bond donors (Lipinski definition) is 1. The van der Waals surface area contributed by atoms with Crippen LogP contribution in [0.5, 0.6) is 0 Å². The van der Waals surface area contributed by atoms with Gasteiger partial charge in [0.05, 0.1) is 17.4 Å². The van der Waals surface area contributed by atoms with Crippen LogP contribution >= 0.6 is 0 Å². The molecule has 0 unspecified atom stereocenters. The highest BCUT2D eigenvalue weighted by molar-refractivity contribution is 7.89. The Hall–Kier alpha value is -3.23. The van der Waals surface area contributed by atoms with Crippen LogP contribution in [0.4, 0.5) is 0 Å². The van der Waals surface area contributed by atoms with Gasteiger partial charge in [0.25, 0.3) is 5.91 Å². The largest absolute Gasteiger partial charge is 0.463 e. The Morgan fingerprint density at radius 2 is 1.79 bits per heavy atom. The van der Waals surface area contributed by atoms with Gasteiger partial charge in [-0.3, -0.25) is 4.79 Å². The lowest BCUT2D eigenvalue weighted by atomic mass is 10.1. The molecule has 2 aromatic carbocycles. The van der Waals surface area contributed by atoms with Crippen molar-refractivity contribution in [2.75, 3.05) is 7.05 Å². The zero-order chi connectivity index (χ0) is 20.9. The Labute approximate surface area is 169 Å². The van der Waals surface area contributed by atoms with Crippen LogP contribution in [-0.4, -0.2) is 31.9 Å². The second kappa shape index (κ2) is 8.85. The van der Waals surface area contributed by atoms with Crippen molar-refractivity contribution >= 4 is 22.1 Å². The molecule has 29 heavy (non-hydrogen) atoms. The number of nitrogens with one attached hydrogen (secondary N) is 1. The summed E-state index contributed by atoms with van der Waals surface area (Å²) in [5.74, 6) is 0.151. The summed E-state index contributed by atoms with van der Waals surface area (Å²) >= 11 is 0. The Kier molecular flexibility index (Phi) is 6.26. The Morgan fingerprint density at radius 1 is 1.10 bits per heavy atom. The van der Waals surface area contributed by atoms with E-state index in [-0.39, 0.29) is 17.3 Å². The number of hydrazone groups is 1. The Bertz CT molecular complexity index is 1090. The van der Waals surface area contributed by atoms with Crippen molar-refractivity contribution in [1.29, 1.82) is 0 Å². The smallest absolute Gasteiger partial charge is 0.271 e. The first-order valence-electron chi connectivity index (χ1n) is 8.85. The molecule has 1 N–H and O–H groups in total. The van der Waals surface area contributed by atoms with E-state index in [4.69, 9.17) is 4.42 Å². The number of benzene rings is 2. The maximum absolute atomic E-state index is 12.7. The molecule has 0 aliphatic rings. The molecule has 0 saturated heterocycles. The van der Waals surface area contributed by atoms with Crippen LogP contribution in [0.15, 0.2) is 81.3 Å². The van der Waals surface area contributed by atoms with E-state index in [2.05, 4.69) is 10.5 Å². The minimum Gasteiger partial charge on any atom is -0.463 e. The van der Waals surface area contributed by atoms with E-state index in [1.807, 2.05) is 6.92 Å². The van der Waals surface area contributed by atoms with Gasteiger partial charge in [0.2, 0.25) is 10.0 Å². The first-order valence-corrected chi connectivity index (χ1v) is 10.3. The van der Waals surface area contributed by atoms with Crippen molar-refractivity contribution in [1.82, 2.24) is 9.73 Å². The van der Waals surface area contributed by atoms with Crippen LogP contribution in [0.25, 0.3) is 0 Å². The lowest BCUT2D eigenvalue weighted by Gasteiger charge is -2.17. The normalized spacial score (nSPS) is 11.8. The van der Waals surface area contributed by atoms with Crippen LogP contribution in [0.3, 0.4) is 0 Å². The fourth-order valence-electron chi connectivity index (χ4n) is 2.58. The summed E-state index contributed by atoms with van der Waals surface area (Å²) in [6.07, 6.45) is 2.91. The van der Waals surface area contributed by atoms with Gasteiger partial charge in [-0.15, -0.1) is 0 Å². The van der Waals surface area contributed by atoms with Crippen LogP contribution in [0.1, 0.15) is 27.2 Å². The number of furan rings is 1. The molecular formula is C21H21N3O4S. The number of hydrogen-bond acceptors (Lipinski definition) is 5. The Balaban J connectivity index is 1.62. The summed E-state index contributed by atoms with van der Waals surface area (Å²) in [4.78, 5) is 12.4. The minimum absolute atomic E-state index is 0.189. The third-order valence-corrected chi connectivity index (χ3v) is 6.07. The molecule has 0 bridgehead atoms. The molecule has 0 aliphatic carbocycles. The van der Waals surface area contributed by atoms with Crippen LogP contribution in [-0.2, 0) is 16.6 Å². The number of amides is 1. The summed E-state index contributed by atoms with van der Waals surface area (Å²) < 4.78 is 31.7. The van der Waals surface area contributed by atoms with Crippen molar-refractivity contribution < 1.29 is 17.6 Å². The van der Waals surface area contributed by atoms with Crippen molar-refractivity contribution in [3.8, 4) is 0 Å². The molecule has 8 heteroatoms. The van der Waals surface area contributed by atoms with E-state index in [1.54, 1.807) is 60.7 Å². The van der Waals surface area contributed by atoms with Gasteiger partial charge in [-0.05, 0) is 48.9 Å². The lowest BCUT2D eigenvalue weighted by Crippen LogP contribution is -2.26. The predicted octanol–water partition coefficient (Wildman–Crippen LogP) is 3.17. The van der Waals surface area contributed by atoms with Crippen molar-refractivity contribution in [2.24, 2.45) is 5.10 Å². The summed E-state index contributed by atoms with van der Waals surface area (Å²) in [5.41, 5.74) is 4.58. The van der Waals surface area contributed by atoms with E-state index < -0.39 is 10.0 Å². The molecule has 3 rings (SSSR count). The van der Waals surface area contributed by atoms with E-state index in [9.17, 15) is 13.2 Å². The zero-order valence-electron chi connectivity index (χ0n) is 16.1. The standard InChI is InChI=1S/C21H21N3O4S/c1-16-5-11-20(12-6-16)29(26,27)24(2)15-17-7-9-18(10-8-17)21(25)23-22-14-19-4-3-13-28-19/h3-14H,15H2,1-2H3,(H,23,25)/b22-14+. The number of carbonyl (C=O) groups excluding carboxylic acids is 1. The van der Waals surface area contributed by atoms with E-state index in [0.29, 0.717) is 11.3 Å². The molecule has 0 fully saturated rings. The number of rotatable bonds is 7. The molecule has 0 radical (unpaired) electrons. The lowest BCUT2D eigenvalue weighted by molar-refractivity contribution is 0.0955. The van der Waals surface area contributed by atoms with Crippen LogP contribution in [0, 0.1) is 6.92 Å². The van der Waals surface area contributed by atoms with Crippen molar-refractivity contribution in [3.63, 3.8) is 0 Å². The molecule has 1 amide bonds. The molecule has 3 aromatic rings. The van der Waals surface area contributed by atoms with Crippen LogP contribution < -0.4 is 5.43 Å². The monoisotopic (exact) mass is 411 g/mol. The highest BCUT2D eigenvalue weighted by atomic mass is 32.2. The molecular weight excluding hydrogens is 390 g/mol. The second-order valence-corrected chi connectivity index (χ2v) is 8.53. The fraction of sp³-hybridized carbons (Fsp3) is 0.143. The zero-order valence-corrected chi connectivity index (χ0v) is 16.9. The molecule has 1 heterocycles. The number of carbonyl (C=O) groups is 1. The minimum atomic E-state index is -3.59. The SMILES string of the molecule is Cc1ccc(S(=O)(=O)N(C)Cc2ccc(C(=O)N/N=C/c3ccco3)cc2)cc1. The highest BCUT2D eigenvalue weighted by Gasteiger charge is 2.20. The second-order valence-electron chi connectivity index (χ2n) is 6.49. The van der Waals surface area contributed by atoms with Gasteiger partial charge in [0.1, 0.15) is 5.76 Å². The van der Waals surface area contributed by atoms with Crippen molar-refractivity contribution in [2.45, 2.75) is 18.4 Å². The van der Waals surface area contributed by atoms with Gasteiger partial charge in [0, 0.05) is 19.2 Å². The van der Waals surface area contributed by atoms with E-state index >= 15 is 0 Å². The molecule has 0 atom stereocenters. The van der Waals surface area contributed by atoms with E-state index in [1.165, 1.54) is 23.8 Å². The maximum Gasteiger partial charge on any atom is 0.271 e. The number of sulfonamides is 1. The molecule has 1 aromatic heterocycles. The van der Waals surface area contributed by atoms with E-state index in [0.717, 1.165) is 11.1 Å². The third kappa shape index (κ3) is 5.18. The highest BCUT2D eigenvalue weighted by Crippen LogP contribution is 2.17. The first kappa shape index (κ1) is 20.5. The van der Waals surface area contributed by atoms with Crippen molar-refractivity contribution in [3.05, 3.63) is 89.4 Å². The molecule has 7 nitrogen and oxygen atoms in total. The Morgan fingerprint density at radius 3 is 2.41 bits per heavy atom. The summed E-state index contributed by atoms with van der Waals surface area (Å²) in [7, 11) is -2.06. The average Bonchev–Trinajstić information content (AvgIpc) is 3.22. The molecule has 0 spiro atoms. The van der Waals surface area contributed by atoms with Gasteiger partial charge in [0.15, 0.2) is 0 Å². The van der Waals surface area contributed by atoms with Gasteiger partial charge in [-0.1, -0.05) is 29.8 Å². The molecule has 150 valence electrons. The van der Waals surface area contributed by atoms with Gasteiger partial charge in [-0.2, -0.15) is 9.41 Å². The summed E-state index contributed by atoms with van der Waals surface area (Å²) in [5, 5.41) is 3.83. The predicted molar refractivity (Wildman–Crippen MR) is 110 cm³/mol. The number of aryl methyl sites for hydroxylation is 1. The van der Waals surface area contributed by atoms with Gasteiger partial charge in [-0.25, -0.2) is 13.8 Å². The van der Waals surface area contributed by atoms with Gasteiger partial charge < -0.3 is 4.42 Å². The third-order valence-electron chi connectivity index (χ3n) is 4.25. The maximum atomic E-state index is 12.7. The molecule has 0 saturated carbocycles.